The molecule has 0 amide bonds. The lowest BCUT2D eigenvalue weighted by Gasteiger charge is -2.08. The Morgan fingerprint density at radius 3 is 2.64 bits per heavy atom. The van der Waals surface area contributed by atoms with E-state index in [0.29, 0.717) is 6.61 Å². The van der Waals surface area contributed by atoms with Crippen LogP contribution >= 0.6 is 11.8 Å². The van der Waals surface area contributed by atoms with Gasteiger partial charge in [-0.2, -0.15) is 5.10 Å². The van der Waals surface area contributed by atoms with Gasteiger partial charge in [0, 0.05) is 16.5 Å². The molecular formula is C18H18N2OS. The molecule has 0 unspecified atom stereocenters. The summed E-state index contributed by atoms with van der Waals surface area (Å²) >= 11 is 1.68. The van der Waals surface area contributed by atoms with Crippen LogP contribution in [0.3, 0.4) is 0 Å². The van der Waals surface area contributed by atoms with Crippen molar-refractivity contribution in [2.75, 3.05) is 12.4 Å². The van der Waals surface area contributed by atoms with Gasteiger partial charge < -0.3 is 4.74 Å². The number of rotatable bonds is 5. The lowest BCUT2D eigenvalue weighted by atomic mass is 10.1. The van der Waals surface area contributed by atoms with Crippen LogP contribution in [0.4, 0.5) is 0 Å². The van der Waals surface area contributed by atoms with Crippen molar-refractivity contribution in [3.63, 3.8) is 0 Å². The zero-order valence-corrected chi connectivity index (χ0v) is 13.6. The van der Waals surface area contributed by atoms with Crippen LogP contribution in [0.1, 0.15) is 11.1 Å². The molecule has 0 saturated heterocycles. The number of aromatic nitrogens is 2. The SMILES string of the molecule is Cc1cc(C)cc(OCCSc2nncc3ccccc23)c1. The van der Waals surface area contributed by atoms with E-state index < -0.39 is 0 Å². The van der Waals surface area contributed by atoms with Crippen LogP contribution in [-0.2, 0) is 0 Å². The molecule has 0 aliphatic carbocycles. The molecule has 3 rings (SSSR count). The van der Waals surface area contributed by atoms with Gasteiger partial charge in [-0.05, 0) is 37.1 Å². The molecule has 0 bridgehead atoms. The molecule has 112 valence electrons. The van der Waals surface area contributed by atoms with E-state index >= 15 is 0 Å². The molecule has 0 fully saturated rings. The first-order chi connectivity index (χ1) is 10.7. The average molecular weight is 310 g/mol. The summed E-state index contributed by atoms with van der Waals surface area (Å²) in [6.45, 7) is 4.82. The maximum atomic E-state index is 5.83. The number of aryl methyl sites for hydroxylation is 2. The third-order valence-electron chi connectivity index (χ3n) is 3.32. The predicted molar refractivity (Wildman–Crippen MR) is 91.7 cm³/mol. The largest absolute Gasteiger partial charge is 0.493 e. The number of ether oxygens (including phenoxy) is 1. The average Bonchev–Trinajstić information content (AvgIpc) is 2.51. The van der Waals surface area contributed by atoms with Crippen molar-refractivity contribution in [2.45, 2.75) is 18.9 Å². The van der Waals surface area contributed by atoms with Crippen molar-refractivity contribution in [1.29, 1.82) is 0 Å². The lowest BCUT2D eigenvalue weighted by Crippen LogP contribution is -2.01. The van der Waals surface area contributed by atoms with E-state index in [9.17, 15) is 0 Å². The first kappa shape index (κ1) is 14.9. The van der Waals surface area contributed by atoms with Gasteiger partial charge in [0.1, 0.15) is 10.8 Å². The van der Waals surface area contributed by atoms with Crippen molar-refractivity contribution in [3.05, 3.63) is 59.8 Å². The number of fused-ring (bicyclic) bond motifs is 1. The van der Waals surface area contributed by atoms with E-state index in [2.05, 4.69) is 54.4 Å². The Morgan fingerprint density at radius 1 is 1.05 bits per heavy atom. The summed E-state index contributed by atoms with van der Waals surface area (Å²) in [4.78, 5) is 0. The fourth-order valence-corrected chi connectivity index (χ4v) is 3.23. The van der Waals surface area contributed by atoms with Crippen LogP contribution in [0.5, 0.6) is 5.75 Å². The summed E-state index contributed by atoms with van der Waals surface area (Å²) in [6.07, 6.45) is 1.80. The Morgan fingerprint density at radius 2 is 1.82 bits per heavy atom. The number of benzene rings is 2. The minimum atomic E-state index is 0.651. The predicted octanol–water partition coefficient (Wildman–Crippen LogP) is 4.42. The highest BCUT2D eigenvalue weighted by Crippen LogP contribution is 2.24. The second-order valence-electron chi connectivity index (χ2n) is 5.26. The van der Waals surface area contributed by atoms with Gasteiger partial charge in [0.05, 0.1) is 12.8 Å². The standard InChI is InChI=1S/C18H18N2OS/c1-13-9-14(2)11-16(10-13)21-7-8-22-18-17-6-4-3-5-15(17)12-19-20-18/h3-6,9-12H,7-8H2,1-2H3. The van der Waals surface area contributed by atoms with Crippen LogP contribution in [0.15, 0.2) is 53.7 Å². The summed E-state index contributed by atoms with van der Waals surface area (Å²) in [7, 11) is 0. The van der Waals surface area contributed by atoms with Crippen molar-refractivity contribution in [3.8, 4) is 5.75 Å². The number of hydrogen-bond donors (Lipinski definition) is 0. The molecule has 0 atom stereocenters. The first-order valence-corrected chi connectivity index (χ1v) is 8.25. The smallest absolute Gasteiger partial charge is 0.127 e. The van der Waals surface area contributed by atoms with Gasteiger partial charge >= 0.3 is 0 Å². The highest BCUT2D eigenvalue weighted by atomic mass is 32.2. The Labute approximate surface area is 134 Å². The zero-order valence-electron chi connectivity index (χ0n) is 12.7. The van der Waals surface area contributed by atoms with E-state index in [0.717, 1.165) is 27.3 Å². The molecular weight excluding hydrogens is 292 g/mol. The zero-order chi connectivity index (χ0) is 15.4. The third kappa shape index (κ3) is 3.57. The summed E-state index contributed by atoms with van der Waals surface area (Å²) in [6, 6.07) is 14.5. The van der Waals surface area contributed by atoms with Crippen LogP contribution < -0.4 is 4.74 Å². The van der Waals surface area contributed by atoms with Crippen molar-refractivity contribution >= 4 is 22.5 Å². The Balaban J connectivity index is 1.61. The number of hydrogen-bond acceptors (Lipinski definition) is 4. The van der Waals surface area contributed by atoms with E-state index in [4.69, 9.17) is 4.74 Å². The molecule has 3 nitrogen and oxygen atoms in total. The quantitative estimate of drug-likeness (QED) is 0.516. The highest BCUT2D eigenvalue weighted by Gasteiger charge is 2.04. The van der Waals surface area contributed by atoms with E-state index in [1.165, 1.54) is 11.1 Å². The Hall–Kier alpha value is -2.07. The maximum absolute atomic E-state index is 5.83. The second-order valence-corrected chi connectivity index (χ2v) is 6.34. The van der Waals surface area contributed by atoms with Gasteiger partial charge in [-0.15, -0.1) is 16.9 Å². The fraction of sp³-hybridized carbons (Fsp3) is 0.222. The van der Waals surface area contributed by atoms with Crippen LogP contribution in [0, 0.1) is 13.8 Å². The number of nitrogens with zero attached hydrogens (tertiary/aromatic N) is 2. The molecule has 2 aromatic carbocycles. The van der Waals surface area contributed by atoms with Crippen LogP contribution in [0.2, 0.25) is 0 Å². The van der Waals surface area contributed by atoms with Gasteiger partial charge in [0.25, 0.3) is 0 Å². The van der Waals surface area contributed by atoms with Crippen molar-refractivity contribution < 1.29 is 4.74 Å². The molecule has 0 radical (unpaired) electrons. The van der Waals surface area contributed by atoms with Gasteiger partial charge in [0.15, 0.2) is 0 Å². The molecule has 0 N–H and O–H groups in total. The summed E-state index contributed by atoms with van der Waals surface area (Å²) < 4.78 is 5.83. The summed E-state index contributed by atoms with van der Waals surface area (Å²) in [5.74, 6) is 1.78. The molecule has 22 heavy (non-hydrogen) atoms. The molecule has 3 aromatic rings. The minimum Gasteiger partial charge on any atom is -0.493 e. The molecule has 0 aliphatic rings. The second kappa shape index (κ2) is 6.79. The Kier molecular flexibility index (Phi) is 4.59. The van der Waals surface area contributed by atoms with Crippen molar-refractivity contribution in [2.24, 2.45) is 0 Å². The third-order valence-corrected chi connectivity index (χ3v) is 4.27. The van der Waals surface area contributed by atoms with Crippen molar-refractivity contribution in [1.82, 2.24) is 10.2 Å². The van der Waals surface area contributed by atoms with Gasteiger partial charge in [0.2, 0.25) is 0 Å². The van der Waals surface area contributed by atoms with Gasteiger partial charge in [-0.3, -0.25) is 0 Å². The molecule has 1 heterocycles. The summed E-state index contributed by atoms with van der Waals surface area (Å²) in [5.41, 5.74) is 2.45. The van der Waals surface area contributed by atoms with Crippen LogP contribution in [-0.4, -0.2) is 22.6 Å². The van der Waals surface area contributed by atoms with Gasteiger partial charge in [-0.1, -0.05) is 30.3 Å². The van der Waals surface area contributed by atoms with Gasteiger partial charge in [-0.25, -0.2) is 0 Å². The first-order valence-electron chi connectivity index (χ1n) is 7.27. The molecule has 1 aromatic heterocycles. The normalized spacial score (nSPS) is 10.8. The molecule has 0 spiro atoms. The number of thioether (sulfide) groups is 1. The maximum Gasteiger partial charge on any atom is 0.127 e. The highest BCUT2D eigenvalue weighted by molar-refractivity contribution is 7.99. The monoisotopic (exact) mass is 310 g/mol. The summed E-state index contributed by atoms with van der Waals surface area (Å²) in [5, 5.41) is 11.5. The molecule has 4 heteroatoms. The molecule has 0 aliphatic heterocycles. The Bertz CT molecular complexity index is 763. The molecule has 0 saturated carbocycles. The van der Waals surface area contributed by atoms with Crippen LogP contribution in [0.25, 0.3) is 10.8 Å². The lowest BCUT2D eigenvalue weighted by molar-refractivity contribution is 0.343. The minimum absolute atomic E-state index is 0.651. The van der Waals surface area contributed by atoms with E-state index in [1.54, 1.807) is 18.0 Å². The van der Waals surface area contributed by atoms with E-state index in [-0.39, 0.29) is 0 Å². The topological polar surface area (TPSA) is 35.0 Å². The van der Waals surface area contributed by atoms with E-state index in [1.807, 2.05) is 12.1 Å². The fourth-order valence-electron chi connectivity index (χ4n) is 2.42.